The smallest absolute Gasteiger partial charge is 0.224 e. The molecule has 1 unspecified atom stereocenters. The number of nitrogens with zero attached hydrogens (tertiary/aromatic N) is 1. The Hall–Kier alpha value is -1.88. The number of methoxy groups -OCH3 is 1. The fraction of sp³-hybridized carbons (Fsp3) is 0.600. The summed E-state index contributed by atoms with van der Waals surface area (Å²) in [6.45, 7) is 7.73. The molecule has 138 valence electrons. The van der Waals surface area contributed by atoms with Crippen LogP contribution in [0.3, 0.4) is 0 Å². The quantitative estimate of drug-likeness (QED) is 0.889. The zero-order valence-corrected chi connectivity index (χ0v) is 15.8. The van der Waals surface area contributed by atoms with E-state index in [9.17, 15) is 9.59 Å². The minimum Gasteiger partial charge on any atom is -0.380 e. The van der Waals surface area contributed by atoms with Gasteiger partial charge in [-0.3, -0.25) is 9.59 Å². The number of benzene rings is 1. The summed E-state index contributed by atoms with van der Waals surface area (Å²) in [6.07, 6.45) is 2.50. The third kappa shape index (κ3) is 5.56. The summed E-state index contributed by atoms with van der Waals surface area (Å²) < 4.78 is 5.35. The van der Waals surface area contributed by atoms with Crippen LogP contribution in [-0.2, 0) is 19.7 Å². The minimum absolute atomic E-state index is 0.0287. The van der Waals surface area contributed by atoms with Crippen LogP contribution < -0.4 is 5.32 Å². The van der Waals surface area contributed by atoms with Crippen LogP contribution in [0.4, 0.5) is 5.69 Å². The monoisotopic (exact) mass is 346 g/mol. The van der Waals surface area contributed by atoms with E-state index in [1.165, 1.54) is 0 Å². The molecule has 5 heteroatoms. The topological polar surface area (TPSA) is 58.6 Å². The van der Waals surface area contributed by atoms with E-state index >= 15 is 0 Å². The Bertz CT molecular complexity index is 607. The summed E-state index contributed by atoms with van der Waals surface area (Å²) in [5.74, 6) is -0.0913. The summed E-state index contributed by atoms with van der Waals surface area (Å²) >= 11 is 0. The molecule has 0 radical (unpaired) electrons. The van der Waals surface area contributed by atoms with Gasteiger partial charge in [0.25, 0.3) is 0 Å². The second-order valence-electron chi connectivity index (χ2n) is 7.68. The van der Waals surface area contributed by atoms with Gasteiger partial charge in [0.15, 0.2) is 0 Å². The Balaban J connectivity index is 1.88. The highest BCUT2D eigenvalue weighted by Crippen LogP contribution is 2.29. The Labute approximate surface area is 150 Å². The van der Waals surface area contributed by atoms with Crippen molar-refractivity contribution in [2.75, 3.05) is 25.5 Å². The predicted octanol–water partition coefficient (Wildman–Crippen LogP) is 3.34. The van der Waals surface area contributed by atoms with Crippen molar-refractivity contribution in [2.24, 2.45) is 0 Å². The van der Waals surface area contributed by atoms with Gasteiger partial charge in [0.05, 0.1) is 6.10 Å². The van der Waals surface area contributed by atoms with Crippen LogP contribution in [0.15, 0.2) is 24.3 Å². The lowest BCUT2D eigenvalue weighted by Crippen LogP contribution is -2.43. The average molecular weight is 346 g/mol. The third-order valence-corrected chi connectivity index (χ3v) is 4.64. The van der Waals surface area contributed by atoms with E-state index in [1.54, 1.807) is 7.11 Å². The molecule has 1 aliphatic heterocycles. The highest BCUT2D eigenvalue weighted by molar-refractivity contribution is 5.94. The molecule has 0 saturated carbocycles. The van der Waals surface area contributed by atoms with Crippen molar-refractivity contribution in [1.82, 2.24) is 4.90 Å². The van der Waals surface area contributed by atoms with Crippen LogP contribution in [0.5, 0.6) is 0 Å². The number of amides is 2. The number of carbonyl (C=O) groups excluding carboxylic acids is 2. The van der Waals surface area contributed by atoms with Crippen molar-refractivity contribution in [3.63, 3.8) is 0 Å². The van der Waals surface area contributed by atoms with Gasteiger partial charge in [-0.15, -0.1) is 0 Å². The van der Waals surface area contributed by atoms with Gasteiger partial charge in [0.2, 0.25) is 11.8 Å². The number of para-hydroxylation sites is 1. The van der Waals surface area contributed by atoms with Crippen molar-refractivity contribution in [3.05, 3.63) is 29.8 Å². The molecule has 25 heavy (non-hydrogen) atoms. The van der Waals surface area contributed by atoms with Gasteiger partial charge in [-0.25, -0.2) is 0 Å². The zero-order valence-electron chi connectivity index (χ0n) is 15.8. The summed E-state index contributed by atoms with van der Waals surface area (Å²) in [7, 11) is 1.68. The lowest BCUT2D eigenvalue weighted by atomic mass is 9.86. The highest BCUT2D eigenvalue weighted by atomic mass is 16.5. The van der Waals surface area contributed by atoms with E-state index in [1.807, 2.05) is 29.2 Å². The second kappa shape index (κ2) is 8.48. The number of nitrogens with one attached hydrogen (secondary N) is 1. The molecule has 1 heterocycles. The van der Waals surface area contributed by atoms with Crippen LogP contribution in [0.1, 0.15) is 52.0 Å². The first kappa shape index (κ1) is 19.4. The van der Waals surface area contributed by atoms with E-state index < -0.39 is 0 Å². The van der Waals surface area contributed by atoms with E-state index in [0.717, 1.165) is 30.6 Å². The van der Waals surface area contributed by atoms with Crippen LogP contribution in [0, 0.1) is 0 Å². The number of anilines is 1. The summed E-state index contributed by atoms with van der Waals surface area (Å²) in [6, 6.07) is 7.82. The maximum absolute atomic E-state index is 12.3. The van der Waals surface area contributed by atoms with Crippen molar-refractivity contribution in [3.8, 4) is 0 Å². The number of carbonyl (C=O) groups is 2. The fourth-order valence-electron chi connectivity index (χ4n) is 3.19. The van der Waals surface area contributed by atoms with E-state index in [4.69, 9.17) is 4.74 Å². The standard InChI is InChI=1S/C20H30N2O3/c1-20(2,3)16-9-5-6-10-17(16)21-18(23)11-12-19(24)22-13-7-8-15(14-22)25-4/h5-6,9-10,15H,7-8,11-14H2,1-4H3,(H,21,23). The van der Waals surface area contributed by atoms with Gasteiger partial charge in [-0.1, -0.05) is 39.0 Å². The molecule has 0 aliphatic carbocycles. The Morgan fingerprint density at radius 2 is 1.96 bits per heavy atom. The predicted molar refractivity (Wildman–Crippen MR) is 99.6 cm³/mol. The SMILES string of the molecule is COC1CCCN(C(=O)CCC(=O)Nc2ccccc2C(C)(C)C)C1. The number of hydrogen-bond acceptors (Lipinski definition) is 3. The molecule has 1 atom stereocenters. The van der Waals surface area contributed by atoms with Crippen molar-refractivity contribution in [2.45, 2.75) is 58.0 Å². The molecular formula is C20H30N2O3. The molecule has 5 nitrogen and oxygen atoms in total. The largest absolute Gasteiger partial charge is 0.380 e. The first-order chi connectivity index (χ1) is 11.8. The number of likely N-dealkylation sites (tertiary alicyclic amines) is 1. The second-order valence-corrected chi connectivity index (χ2v) is 7.68. The molecule has 1 N–H and O–H groups in total. The van der Waals surface area contributed by atoms with Crippen LogP contribution in [-0.4, -0.2) is 43.0 Å². The molecule has 1 saturated heterocycles. The summed E-state index contributed by atoms with van der Waals surface area (Å²) in [5, 5.41) is 2.96. The minimum atomic E-state index is -0.120. The van der Waals surface area contributed by atoms with Gasteiger partial charge in [-0.2, -0.15) is 0 Å². The van der Waals surface area contributed by atoms with Crippen LogP contribution >= 0.6 is 0 Å². The lowest BCUT2D eigenvalue weighted by molar-refractivity contribution is -0.136. The summed E-state index contributed by atoms with van der Waals surface area (Å²) in [4.78, 5) is 26.4. The van der Waals surface area contributed by atoms with Crippen LogP contribution in [0.2, 0.25) is 0 Å². The molecule has 2 amide bonds. The van der Waals surface area contributed by atoms with E-state index in [-0.39, 0.29) is 36.2 Å². The fourth-order valence-corrected chi connectivity index (χ4v) is 3.19. The first-order valence-corrected chi connectivity index (χ1v) is 9.01. The molecule has 0 bridgehead atoms. The molecule has 0 spiro atoms. The maximum atomic E-state index is 12.3. The average Bonchev–Trinajstić information content (AvgIpc) is 2.59. The van der Waals surface area contributed by atoms with Crippen molar-refractivity contribution >= 4 is 17.5 Å². The molecule has 1 fully saturated rings. The molecule has 1 aromatic carbocycles. The van der Waals surface area contributed by atoms with Crippen LogP contribution in [0.25, 0.3) is 0 Å². The first-order valence-electron chi connectivity index (χ1n) is 9.01. The van der Waals surface area contributed by atoms with Crippen molar-refractivity contribution < 1.29 is 14.3 Å². The summed E-state index contributed by atoms with van der Waals surface area (Å²) in [5.41, 5.74) is 1.86. The number of piperidine rings is 1. The van der Waals surface area contributed by atoms with Crippen molar-refractivity contribution in [1.29, 1.82) is 0 Å². The van der Waals surface area contributed by atoms with Gasteiger partial charge in [-0.05, 0) is 29.9 Å². The number of ether oxygens (including phenoxy) is 1. The normalized spacial score (nSPS) is 18.1. The van der Waals surface area contributed by atoms with Gasteiger partial charge in [0.1, 0.15) is 0 Å². The molecule has 1 aliphatic rings. The van der Waals surface area contributed by atoms with E-state index in [2.05, 4.69) is 26.1 Å². The Kier molecular flexibility index (Phi) is 6.59. The zero-order chi connectivity index (χ0) is 18.4. The van der Waals surface area contributed by atoms with E-state index in [0.29, 0.717) is 6.54 Å². The molecule has 2 rings (SSSR count). The van der Waals surface area contributed by atoms with Gasteiger partial charge >= 0.3 is 0 Å². The molecule has 0 aromatic heterocycles. The maximum Gasteiger partial charge on any atom is 0.224 e. The third-order valence-electron chi connectivity index (χ3n) is 4.64. The highest BCUT2D eigenvalue weighted by Gasteiger charge is 2.24. The van der Waals surface area contributed by atoms with Gasteiger partial charge in [0, 0.05) is 38.7 Å². The Morgan fingerprint density at radius 3 is 2.64 bits per heavy atom. The van der Waals surface area contributed by atoms with Gasteiger partial charge < -0.3 is 15.0 Å². The number of rotatable bonds is 5. The molecule has 1 aromatic rings. The lowest BCUT2D eigenvalue weighted by Gasteiger charge is -2.32. The molecular weight excluding hydrogens is 316 g/mol. The Morgan fingerprint density at radius 1 is 1.24 bits per heavy atom. The number of hydrogen-bond donors (Lipinski definition) is 1.